The number of rotatable bonds is 4. The van der Waals surface area contributed by atoms with E-state index in [-0.39, 0.29) is 26.8 Å². The van der Waals surface area contributed by atoms with Crippen LogP contribution in [0.3, 0.4) is 0 Å². The number of para-hydroxylation sites is 2. The van der Waals surface area contributed by atoms with Crippen LogP contribution in [0.4, 0.5) is 0 Å². The molecule has 11 rings (SSSR count). The summed E-state index contributed by atoms with van der Waals surface area (Å²) in [7, 11) is -2.28. The van der Waals surface area contributed by atoms with Crippen molar-refractivity contribution in [3.05, 3.63) is 183 Å². The largest absolute Gasteiger partial charge is 0.517 e. The van der Waals surface area contributed by atoms with Crippen LogP contribution in [0.15, 0.2) is 164 Å². The van der Waals surface area contributed by atoms with E-state index in [4.69, 9.17) is 4.84 Å². The van der Waals surface area contributed by atoms with Crippen molar-refractivity contribution in [1.82, 2.24) is 4.57 Å². The van der Waals surface area contributed by atoms with Gasteiger partial charge in [-0.05, 0) is 56.3 Å². The number of pyridine rings is 1. The summed E-state index contributed by atoms with van der Waals surface area (Å²) in [6.07, 6.45) is 9.04. The monoisotopic (exact) mass is 931 g/mol. The number of phenols is 1. The van der Waals surface area contributed by atoms with E-state index in [1.165, 1.54) is 32.6 Å². The Kier molecular flexibility index (Phi) is 8.26. The average molecular weight is 932 g/mol. The zero-order chi connectivity index (χ0) is 37.5. The Balaban J connectivity index is 0.00000396. The van der Waals surface area contributed by atoms with Gasteiger partial charge in [-0.25, -0.2) is 0 Å². The third-order valence-electron chi connectivity index (χ3n) is 11.4. The summed E-state index contributed by atoms with van der Waals surface area (Å²) in [6, 6.07) is 58.6. The molecule has 0 saturated heterocycles. The van der Waals surface area contributed by atoms with Crippen LogP contribution in [-0.4, -0.2) is 17.7 Å². The third kappa shape index (κ3) is 5.39. The summed E-state index contributed by atoms with van der Waals surface area (Å²) in [5.41, 5.74) is 15.0. The van der Waals surface area contributed by atoms with Crippen LogP contribution in [0.25, 0.3) is 78.0 Å². The van der Waals surface area contributed by atoms with Crippen LogP contribution in [0.2, 0.25) is 13.1 Å². The van der Waals surface area contributed by atoms with Gasteiger partial charge in [0.05, 0.1) is 28.2 Å². The van der Waals surface area contributed by atoms with Crippen molar-refractivity contribution >= 4 is 29.5 Å². The van der Waals surface area contributed by atoms with Gasteiger partial charge in [-0.3, -0.25) is 9.40 Å². The second-order valence-electron chi connectivity index (χ2n) is 15.0. The Labute approximate surface area is 346 Å². The van der Waals surface area contributed by atoms with Crippen LogP contribution in [0.5, 0.6) is 11.5 Å². The molecule has 2 aliphatic heterocycles. The molecule has 0 atom stereocenters. The van der Waals surface area contributed by atoms with Gasteiger partial charge in [0, 0.05) is 29.1 Å². The van der Waals surface area contributed by atoms with Crippen molar-refractivity contribution in [2.24, 2.45) is 0 Å². The van der Waals surface area contributed by atoms with Gasteiger partial charge in [0.2, 0.25) is 6.20 Å². The summed E-state index contributed by atoms with van der Waals surface area (Å²) in [5.74, 6) is 0.742. The van der Waals surface area contributed by atoms with Crippen molar-refractivity contribution in [3.8, 4) is 78.5 Å². The second-order valence-corrected chi connectivity index (χ2v) is 19.3. The molecule has 0 saturated carbocycles. The molecule has 1 N–H and O–H groups in total. The molecule has 9 aromatic rings. The quantitative estimate of drug-likeness (QED) is 0.109. The van der Waals surface area contributed by atoms with Crippen molar-refractivity contribution < 1.29 is 40.3 Å². The maximum atomic E-state index is 10.5. The first-order valence-corrected chi connectivity index (χ1v) is 21.8. The molecule has 2 aromatic heterocycles. The predicted molar refractivity (Wildman–Crippen MR) is 223 cm³/mol. The molecule has 0 spiro atoms. The Morgan fingerprint density at radius 2 is 1.19 bits per heavy atom. The number of hydrogen-bond donors (Lipinski definition) is 1. The molecule has 0 amide bonds. The average Bonchev–Trinajstić information content (AvgIpc) is 3.65. The summed E-state index contributed by atoms with van der Waals surface area (Å²) in [6.45, 7) is 4.86. The van der Waals surface area contributed by atoms with E-state index in [1.807, 2.05) is 36.4 Å². The van der Waals surface area contributed by atoms with Gasteiger partial charge < -0.3 is 9.67 Å². The first-order valence-electron chi connectivity index (χ1n) is 18.8. The summed E-state index contributed by atoms with van der Waals surface area (Å²) in [5, 5.41) is 13.2. The molecule has 0 radical (unpaired) electrons. The first kappa shape index (κ1) is 35.1. The van der Waals surface area contributed by atoms with Crippen LogP contribution in [0, 0.1) is 18.6 Å². The number of aromatic hydroxyl groups is 1. The van der Waals surface area contributed by atoms with E-state index in [1.54, 1.807) is 17.0 Å². The molecule has 0 bridgehead atoms. The molecule has 7 aromatic carbocycles. The fraction of sp³-hybridized carbons (Fsp3) is 0.0400. The Morgan fingerprint density at radius 3 is 1.93 bits per heavy atom. The normalized spacial score (nSPS) is 12.8. The predicted octanol–water partition coefficient (Wildman–Crippen LogP) is 8.92. The fourth-order valence-electron chi connectivity index (χ4n) is 8.80. The van der Waals surface area contributed by atoms with Crippen molar-refractivity contribution in [2.45, 2.75) is 13.1 Å². The van der Waals surface area contributed by atoms with Gasteiger partial charge >= 0.3 is 0 Å². The van der Waals surface area contributed by atoms with Gasteiger partial charge in [-0.2, -0.15) is 6.07 Å². The van der Waals surface area contributed by atoms with Crippen molar-refractivity contribution in [1.29, 1.82) is 0 Å². The van der Waals surface area contributed by atoms with Gasteiger partial charge in [0.1, 0.15) is 6.20 Å². The van der Waals surface area contributed by atoms with Crippen LogP contribution in [0.1, 0.15) is 0 Å². The molecule has 57 heavy (non-hydrogen) atoms. The minimum absolute atomic E-state index is 0. The molecule has 2 aliphatic rings. The zero-order valence-corrected chi connectivity index (χ0v) is 34.4. The summed E-state index contributed by atoms with van der Waals surface area (Å²) < 4.78 is 6.10. The number of aromatic nitrogens is 3. The standard InChI is InChI=1S/C50H34N3O2Si.Pt/c1-56(2)46-27-25-35(55-51-29-13-16-34(31-51)36-17-10-11-24-45(36)54)30-44(46)52-32-53-48-37(33-14-4-3-5-15-33)22-12-23-42(48)40-20-8-6-18-38(40)39-19-7-9-21-41(39)43-26-28-47(56)50(52)49(43)53;/h3-29,54H,1-2H3;/q-1;. The van der Waals surface area contributed by atoms with Gasteiger partial charge in [-0.1, -0.05) is 168 Å². The molecule has 0 aliphatic carbocycles. The van der Waals surface area contributed by atoms with Gasteiger partial charge in [0.25, 0.3) is 6.33 Å². The van der Waals surface area contributed by atoms with E-state index in [0.717, 1.165) is 50.2 Å². The molecule has 4 heterocycles. The number of imidazole rings is 1. The van der Waals surface area contributed by atoms with Crippen molar-refractivity contribution in [3.63, 3.8) is 0 Å². The number of fused-ring (bicyclic) bond motifs is 9. The molecule has 7 heteroatoms. The second kappa shape index (κ2) is 13.4. The Bertz CT molecular complexity index is 3060. The summed E-state index contributed by atoms with van der Waals surface area (Å²) >= 11 is 0. The van der Waals surface area contributed by atoms with Crippen LogP contribution < -0.4 is 24.5 Å². The Hall–Kier alpha value is -6.33. The van der Waals surface area contributed by atoms with E-state index in [9.17, 15) is 5.11 Å². The first-order chi connectivity index (χ1) is 27.5. The van der Waals surface area contributed by atoms with Crippen LogP contribution >= 0.6 is 0 Å². The smallest absolute Gasteiger partial charge is 0.268 e. The zero-order valence-electron chi connectivity index (χ0n) is 31.1. The maximum absolute atomic E-state index is 10.5. The van der Waals surface area contributed by atoms with Crippen LogP contribution in [-0.2, 0) is 21.1 Å². The molecule has 276 valence electrons. The number of nitrogens with zero attached hydrogens (tertiary/aromatic N) is 3. The van der Waals surface area contributed by atoms with E-state index < -0.39 is 8.07 Å². The summed E-state index contributed by atoms with van der Waals surface area (Å²) in [4.78, 5) is 6.45. The fourth-order valence-corrected chi connectivity index (χ4v) is 11.7. The van der Waals surface area contributed by atoms with E-state index in [2.05, 4.69) is 156 Å². The van der Waals surface area contributed by atoms with Crippen molar-refractivity contribution in [2.75, 3.05) is 0 Å². The molecular weight excluding hydrogens is 898 g/mol. The number of benzene rings is 7. The molecule has 0 unspecified atom stereocenters. The number of hydrogen-bond acceptors (Lipinski definition) is 2. The molecule has 5 nitrogen and oxygen atoms in total. The minimum atomic E-state index is -2.28. The molecule has 0 fully saturated rings. The van der Waals surface area contributed by atoms with Gasteiger partial charge in [0.15, 0.2) is 0 Å². The maximum Gasteiger partial charge on any atom is 0.268 e. The van der Waals surface area contributed by atoms with E-state index in [0.29, 0.717) is 11.3 Å². The Morgan fingerprint density at radius 1 is 0.579 bits per heavy atom. The SMILES string of the molecule is C[Si]1(C)c2ccc(O[n+]3[c-]c(-c4ccccc4O)ccc3)[c-]c2-n2[c-][n+]3c4c(ccc1c42)-c1ccccc1-c1ccccc1-c1cccc(-c2ccccc2)c1-3.[Pt]. The van der Waals surface area contributed by atoms with E-state index >= 15 is 0 Å². The minimum Gasteiger partial charge on any atom is -0.517 e. The third-order valence-corrected chi connectivity index (χ3v) is 14.9. The topological polar surface area (TPSA) is 42.2 Å². The number of phenolic OH excluding ortho intramolecular Hbond substituents is 1. The van der Waals surface area contributed by atoms with Gasteiger partial charge in [-0.15, -0.1) is 23.4 Å². The molecular formula is C50H34N3O2PtSi-.